The number of likely N-dealkylation sites (tertiary alicyclic amines) is 1. The number of hydrogen-bond donors (Lipinski definition) is 1. The van der Waals surface area contributed by atoms with E-state index in [-0.39, 0.29) is 30.2 Å². The van der Waals surface area contributed by atoms with Crippen molar-refractivity contribution in [3.05, 3.63) is 18.0 Å². The van der Waals surface area contributed by atoms with Crippen LogP contribution in [0.4, 0.5) is 0 Å². The van der Waals surface area contributed by atoms with Crippen molar-refractivity contribution in [3.8, 4) is 0 Å². The molecule has 0 aliphatic carbocycles. The van der Waals surface area contributed by atoms with Gasteiger partial charge in [0, 0.05) is 32.9 Å². The molecule has 2 aliphatic heterocycles. The molecule has 1 N–H and O–H groups in total. The van der Waals surface area contributed by atoms with Gasteiger partial charge in [0.25, 0.3) is 0 Å². The first-order chi connectivity index (χ1) is 11.7. The Balaban J connectivity index is 0.00000169. The zero-order valence-corrected chi connectivity index (χ0v) is 17.4. The topological polar surface area (TPSA) is 59.4 Å². The van der Waals surface area contributed by atoms with Crippen molar-refractivity contribution in [1.82, 2.24) is 20.0 Å². The Labute approximate surface area is 168 Å². The van der Waals surface area contributed by atoms with Crippen molar-refractivity contribution in [3.63, 3.8) is 0 Å². The highest BCUT2D eigenvalue weighted by molar-refractivity contribution is 5.85. The summed E-state index contributed by atoms with van der Waals surface area (Å²) in [5.41, 5.74) is 0.998. The van der Waals surface area contributed by atoms with E-state index < -0.39 is 0 Å². The van der Waals surface area contributed by atoms with Gasteiger partial charge in [0.2, 0.25) is 5.91 Å². The highest BCUT2D eigenvalue weighted by atomic mass is 35.5. The third-order valence-corrected chi connectivity index (χ3v) is 5.67. The number of aromatic nitrogens is 2. The van der Waals surface area contributed by atoms with Crippen molar-refractivity contribution in [2.75, 3.05) is 39.9 Å². The molecular formula is C18H32Cl2N4O2. The van der Waals surface area contributed by atoms with E-state index >= 15 is 0 Å². The van der Waals surface area contributed by atoms with Gasteiger partial charge < -0.3 is 15.0 Å². The number of hydrogen-bond acceptors (Lipinski definition) is 4. The molecule has 2 aliphatic rings. The van der Waals surface area contributed by atoms with Crippen LogP contribution in [0.5, 0.6) is 0 Å². The summed E-state index contributed by atoms with van der Waals surface area (Å²) < 4.78 is 7.40. The van der Waals surface area contributed by atoms with E-state index in [0.29, 0.717) is 18.4 Å². The van der Waals surface area contributed by atoms with Crippen molar-refractivity contribution in [1.29, 1.82) is 0 Å². The molecular weight excluding hydrogens is 375 g/mol. The lowest BCUT2D eigenvalue weighted by molar-refractivity contribution is -0.148. The summed E-state index contributed by atoms with van der Waals surface area (Å²) in [5, 5.41) is 7.74. The molecule has 1 amide bonds. The summed E-state index contributed by atoms with van der Waals surface area (Å²) in [5.74, 6) is 0.828. The number of carbonyl (C=O) groups excluding carboxylic acids is 1. The lowest BCUT2D eigenvalue weighted by Crippen LogP contribution is -2.53. The fraction of sp³-hybridized carbons (Fsp3) is 0.778. The second kappa shape index (κ2) is 10.5. The maximum Gasteiger partial charge on any atom is 0.231 e. The predicted molar refractivity (Wildman–Crippen MR) is 107 cm³/mol. The van der Waals surface area contributed by atoms with Crippen molar-refractivity contribution < 1.29 is 9.53 Å². The number of ether oxygens (including phenoxy) is 1. The quantitative estimate of drug-likeness (QED) is 0.815. The zero-order chi connectivity index (χ0) is 17.0. The fourth-order valence-electron chi connectivity index (χ4n) is 4.12. The van der Waals surface area contributed by atoms with Crippen LogP contribution in [0.15, 0.2) is 12.4 Å². The largest absolute Gasteiger partial charge is 0.384 e. The smallest absolute Gasteiger partial charge is 0.231 e. The minimum Gasteiger partial charge on any atom is -0.384 e. The molecule has 0 unspecified atom stereocenters. The number of amides is 1. The van der Waals surface area contributed by atoms with Crippen molar-refractivity contribution in [2.45, 2.75) is 45.1 Å². The predicted octanol–water partition coefficient (Wildman–Crippen LogP) is 2.47. The van der Waals surface area contributed by atoms with Gasteiger partial charge >= 0.3 is 0 Å². The van der Waals surface area contributed by atoms with E-state index in [4.69, 9.17) is 4.74 Å². The molecule has 3 rings (SSSR count). The minimum absolute atomic E-state index is 0. The summed E-state index contributed by atoms with van der Waals surface area (Å²) in [6.45, 7) is 7.05. The summed E-state index contributed by atoms with van der Waals surface area (Å²) >= 11 is 0. The highest BCUT2D eigenvalue weighted by Gasteiger charge is 2.43. The highest BCUT2D eigenvalue weighted by Crippen LogP contribution is 2.35. The van der Waals surface area contributed by atoms with Gasteiger partial charge in [-0.05, 0) is 57.2 Å². The van der Waals surface area contributed by atoms with E-state index in [1.807, 2.05) is 10.9 Å². The Morgan fingerprint density at radius 3 is 2.50 bits per heavy atom. The van der Waals surface area contributed by atoms with E-state index in [1.54, 1.807) is 7.11 Å². The standard InChI is InChI=1S/C18H30N4O2.2ClH/c1-3-22-13-16(12-20-22)15-4-10-21(11-5-15)17(23)18(14-24-2)6-8-19-9-7-18;;/h12-13,15,19H,3-11,14H2,1-2H3;2*1H. The molecule has 2 saturated heterocycles. The molecule has 8 heteroatoms. The number of methoxy groups -OCH3 is 1. The third kappa shape index (κ3) is 4.91. The minimum atomic E-state index is -0.320. The summed E-state index contributed by atoms with van der Waals surface area (Å²) in [6, 6.07) is 0. The van der Waals surface area contributed by atoms with Gasteiger partial charge in [-0.3, -0.25) is 9.48 Å². The van der Waals surface area contributed by atoms with Crippen LogP contribution in [0, 0.1) is 5.41 Å². The molecule has 2 fully saturated rings. The number of nitrogens with zero attached hydrogens (tertiary/aromatic N) is 3. The van der Waals surface area contributed by atoms with Gasteiger partial charge in [-0.25, -0.2) is 0 Å². The van der Waals surface area contributed by atoms with Crippen LogP contribution in [0.2, 0.25) is 0 Å². The average Bonchev–Trinajstić information content (AvgIpc) is 3.11. The fourth-order valence-corrected chi connectivity index (χ4v) is 4.12. The Morgan fingerprint density at radius 2 is 1.96 bits per heavy atom. The second-order valence-corrected chi connectivity index (χ2v) is 7.16. The molecule has 3 heterocycles. The van der Waals surface area contributed by atoms with Gasteiger partial charge in [0.1, 0.15) is 0 Å². The normalized spacial score (nSPS) is 20.2. The first-order valence-electron chi connectivity index (χ1n) is 9.20. The number of rotatable bonds is 5. The first-order valence-corrected chi connectivity index (χ1v) is 9.20. The van der Waals surface area contributed by atoms with E-state index in [1.165, 1.54) is 5.56 Å². The van der Waals surface area contributed by atoms with Crippen LogP contribution < -0.4 is 5.32 Å². The van der Waals surface area contributed by atoms with Crippen LogP contribution in [-0.4, -0.2) is 60.5 Å². The lowest BCUT2D eigenvalue weighted by atomic mass is 9.77. The van der Waals surface area contributed by atoms with E-state index in [2.05, 4.69) is 28.4 Å². The monoisotopic (exact) mass is 406 g/mol. The molecule has 0 saturated carbocycles. The number of halogens is 2. The summed E-state index contributed by atoms with van der Waals surface area (Å²) in [7, 11) is 1.70. The maximum atomic E-state index is 13.2. The Bertz CT molecular complexity index is 548. The van der Waals surface area contributed by atoms with Gasteiger partial charge in [-0.1, -0.05) is 0 Å². The van der Waals surface area contributed by atoms with E-state index in [9.17, 15) is 4.79 Å². The molecule has 1 aromatic rings. The summed E-state index contributed by atoms with van der Waals surface area (Å²) in [4.78, 5) is 15.2. The molecule has 0 bridgehead atoms. The Hall–Kier alpha value is -0.820. The molecule has 0 spiro atoms. The molecule has 0 radical (unpaired) electrons. The number of aryl methyl sites for hydroxylation is 1. The third-order valence-electron chi connectivity index (χ3n) is 5.67. The van der Waals surface area contributed by atoms with Crippen LogP contribution in [0.1, 0.15) is 44.1 Å². The Morgan fingerprint density at radius 1 is 1.31 bits per heavy atom. The van der Waals surface area contributed by atoms with Gasteiger partial charge in [-0.2, -0.15) is 5.10 Å². The molecule has 6 nitrogen and oxygen atoms in total. The van der Waals surface area contributed by atoms with Crippen LogP contribution in [0.3, 0.4) is 0 Å². The van der Waals surface area contributed by atoms with Gasteiger partial charge in [-0.15, -0.1) is 24.8 Å². The van der Waals surface area contributed by atoms with Gasteiger partial charge in [0.15, 0.2) is 0 Å². The maximum absolute atomic E-state index is 13.2. The summed E-state index contributed by atoms with van der Waals surface area (Å²) in [6.07, 6.45) is 7.96. The number of nitrogens with one attached hydrogen (secondary N) is 1. The SMILES string of the molecule is CCn1cc(C2CCN(C(=O)C3(COC)CCNCC3)CC2)cn1.Cl.Cl. The number of piperidine rings is 2. The van der Waals surface area contributed by atoms with Crippen molar-refractivity contribution in [2.24, 2.45) is 5.41 Å². The van der Waals surface area contributed by atoms with Gasteiger partial charge in [0.05, 0.1) is 18.2 Å². The van der Waals surface area contributed by atoms with E-state index in [0.717, 1.165) is 58.4 Å². The molecule has 0 atom stereocenters. The first kappa shape index (κ1) is 23.2. The molecule has 1 aromatic heterocycles. The molecule has 26 heavy (non-hydrogen) atoms. The number of carbonyl (C=O) groups is 1. The van der Waals surface area contributed by atoms with Crippen LogP contribution >= 0.6 is 24.8 Å². The zero-order valence-electron chi connectivity index (χ0n) is 15.8. The molecule has 150 valence electrons. The molecule has 0 aromatic carbocycles. The lowest BCUT2D eigenvalue weighted by Gasteiger charge is -2.42. The van der Waals surface area contributed by atoms with Crippen LogP contribution in [-0.2, 0) is 16.1 Å². The average molecular weight is 407 g/mol. The second-order valence-electron chi connectivity index (χ2n) is 7.16. The Kier molecular flexibility index (Phi) is 9.38. The van der Waals surface area contributed by atoms with Crippen molar-refractivity contribution >= 4 is 30.7 Å². The van der Waals surface area contributed by atoms with Crippen LogP contribution in [0.25, 0.3) is 0 Å².